The molecule has 0 radical (unpaired) electrons. The summed E-state index contributed by atoms with van der Waals surface area (Å²) in [6, 6.07) is 6.22. The first-order chi connectivity index (χ1) is 14.7. The van der Waals surface area contributed by atoms with E-state index in [-0.39, 0.29) is 4.90 Å². The molecule has 0 atom stereocenters. The van der Waals surface area contributed by atoms with Gasteiger partial charge in [0.05, 0.1) is 12.4 Å². The summed E-state index contributed by atoms with van der Waals surface area (Å²) < 4.78 is 36.8. The van der Waals surface area contributed by atoms with Crippen LogP contribution in [0.25, 0.3) is 5.69 Å². The minimum Gasteiger partial charge on any atom is -0.360 e. The standard InChI is InChI=1S/C20H26N6O3S2/c1-14-5-6-18(15(2)11-14)25-12-21-26(20(25)30)13-23-7-9-24(10-8-23)31(27,28)19-16(3)22-29-17(19)4/h5-6,11-12H,7-10,13H2,1-4H3. The zero-order chi connectivity index (χ0) is 22.3. The van der Waals surface area contributed by atoms with E-state index in [0.29, 0.717) is 49.1 Å². The van der Waals surface area contributed by atoms with Gasteiger partial charge in [0.15, 0.2) is 5.76 Å². The Labute approximate surface area is 186 Å². The average Bonchev–Trinajstić information content (AvgIpc) is 3.25. The topological polar surface area (TPSA) is 89.4 Å². The molecule has 1 fully saturated rings. The number of piperazine rings is 1. The summed E-state index contributed by atoms with van der Waals surface area (Å²) in [5, 5.41) is 8.24. The molecule has 1 aliphatic rings. The highest BCUT2D eigenvalue weighted by Gasteiger charge is 2.33. The van der Waals surface area contributed by atoms with Gasteiger partial charge in [0.2, 0.25) is 14.8 Å². The van der Waals surface area contributed by atoms with E-state index in [1.54, 1.807) is 24.9 Å². The van der Waals surface area contributed by atoms with Crippen LogP contribution in [0, 0.1) is 32.5 Å². The Morgan fingerprint density at radius 2 is 1.81 bits per heavy atom. The molecule has 0 bridgehead atoms. The van der Waals surface area contributed by atoms with E-state index >= 15 is 0 Å². The number of benzene rings is 1. The molecule has 0 unspecified atom stereocenters. The minimum atomic E-state index is -3.62. The summed E-state index contributed by atoms with van der Waals surface area (Å²) in [4.78, 5) is 2.32. The van der Waals surface area contributed by atoms with Gasteiger partial charge in [-0.3, -0.25) is 9.47 Å². The molecule has 4 rings (SSSR count). The molecule has 11 heteroatoms. The Morgan fingerprint density at radius 3 is 2.42 bits per heavy atom. The molecule has 9 nitrogen and oxygen atoms in total. The molecule has 1 saturated heterocycles. The van der Waals surface area contributed by atoms with Gasteiger partial charge in [-0.1, -0.05) is 22.9 Å². The number of aryl methyl sites for hydroxylation is 4. The number of hydrogen-bond donors (Lipinski definition) is 0. The molecule has 0 spiro atoms. The van der Waals surface area contributed by atoms with Crippen molar-refractivity contribution in [3.63, 3.8) is 0 Å². The summed E-state index contributed by atoms with van der Waals surface area (Å²) in [5.74, 6) is 0.322. The van der Waals surface area contributed by atoms with Crippen molar-refractivity contribution in [3.05, 3.63) is 51.9 Å². The predicted molar refractivity (Wildman–Crippen MR) is 118 cm³/mol. The number of rotatable bonds is 5. The Hall–Kier alpha value is -2.34. The van der Waals surface area contributed by atoms with Gasteiger partial charge >= 0.3 is 0 Å². The van der Waals surface area contributed by atoms with Crippen LogP contribution < -0.4 is 0 Å². The van der Waals surface area contributed by atoms with Crippen LogP contribution in [0.5, 0.6) is 0 Å². The van der Waals surface area contributed by atoms with Crippen molar-refractivity contribution in [2.45, 2.75) is 39.3 Å². The predicted octanol–water partition coefficient (Wildman–Crippen LogP) is 2.59. The van der Waals surface area contributed by atoms with Gasteiger partial charge < -0.3 is 4.52 Å². The zero-order valence-electron chi connectivity index (χ0n) is 18.1. The molecule has 2 aromatic heterocycles. The van der Waals surface area contributed by atoms with E-state index in [9.17, 15) is 8.42 Å². The SMILES string of the molecule is Cc1ccc(-n2cnn(CN3CCN(S(=O)(=O)c4c(C)noc4C)CC3)c2=S)c(C)c1. The van der Waals surface area contributed by atoms with Crippen molar-refractivity contribution in [3.8, 4) is 5.69 Å². The minimum absolute atomic E-state index is 0.176. The van der Waals surface area contributed by atoms with Crippen LogP contribution >= 0.6 is 12.2 Å². The number of hydrogen-bond acceptors (Lipinski definition) is 7. The highest BCUT2D eigenvalue weighted by atomic mass is 32.2. The van der Waals surface area contributed by atoms with E-state index < -0.39 is 10.0 Å². The molecular formula is C20H26N6O3S2. The van der Waals surface area contributed by atoms with Gasteiger partial charge in [0, 0.05) is 26.2 Å². The Bertz CT molecular complexity index is 1250. The zero-order valence-corrected chi connectivity index (χ0v) is 19.7. The second-order valence-corrected chi connectivity index (χ2v) is 10.1. The number of nitrogens with zero attached hydrogens (tertiary/aromatic N) is 6. The quantitative estimate of drug-likeness (QED) is 0.539. The summed E-state index contributed by atoms with van der Waals surface area (Å²) in [6.07, 6.45) is 1.73. The van der Waals surface area contributed by atoms with Crippen molar-refractivity contribution >= 4 is 22.2 Å². The van der Waals surface area contributed by atoms with Crippen LogP contribution in [0.3, 0.4) is 0 Å². The summed E-state index contributed by atoms with van der Waals surface area (Å²) in [5.41, 5.74) is 3.73. The van der Waals surface area contributed by atoms with Crippen LogP contribution in [-0.2, 0) is 16.7 Å². The van der Waals surface area contributed by atoms with Crippen molar-refractivity contribution in [2.75, 3.05) is 26.2 Å². The molecule has 3 aromatic rings. The van der Waals surface area contributed by atoms with E-state index in [1.807, 2.05) is 10.6 Å². The molecular weight excluding hydrogens is 436 g/mol. The molecule has 31 heavy (non-hydrogen) atoms. The van der Waals surface area contributed by atoms with Crippen LogP contribution in [0.1, 0.15) is 22.6 Å². The van der Waals surface area contributed by atoms with E-state index in [1.165, 1.54) is 9.87 Å². The van der Waals surface area contributed by atoms with Gasteiger partial charge in [0.1, 0.15) is 16.9 Å². The normalized spacial score (nSPS) is 16.1. The molecule has 0 aliphatic carbocycles. The fraction of sp³-hybridized carbons (Fsp3) is 0.450. The average molecular weight is 463 g/mol. The lowest BCUT2D eigenvalue weighted by Gasteiger charge is -2.33. The third kappa shape index (κ3) is 4.10. The maximum Gasteiger partial charge on any atom is 0.248 e. The van der Waals surface area contributed by atoms with Crippen LogP contribution in [0.4, 0.5) is 0 Å². The molecule has 0 saturated carbocycles. The Kier molecular flexibility index (Phi) is 5.86. The van der Waals surface area contributed by atoms with E-state index in [2.05, 4.69) is 41.1 Å². The highest BCUT2D eigenvalue weighted by Crippen LogP contribution is 2.24. The lowest BCUT2D eigenvalue weighted by atomic mass is 10.1. The van der Waals surface area contributed by atoms with Crippen molar-refractivity contribution in [1.82, 2.24) is 28.7 Å². The van der Waals surface area contributed by atoms with Crippen molar-refractivity contribution in [1.29, 1.82) is 0 Å². The molecule has 1 aliphatic heterocycles. The summed E-state index contributed by atoms with van der Waals surface area (Å²) in [6.45, 7) is 9.84. The van der Waals surface area contributed by atoms with E-state index in [4.69, 9.17) is 16.7 Å². The van der Waals surface area contributed by atoms with Gasteiger partial charge in [0.25, 0.3) is 0 Å². The summed E-state index contributed by atoms with van der Waals surface area (Å²) >= 11 is 5.65. The third-order valence-electron chi connectivity index (χ3n) is 5.58. The lowest BCUT2D eigenvalue weighted by molar-refractivity contribution is 0.144. The number of aromatic nitrogens is 4. The first kappa shape index (κ1) is 21.9. The number of sulfonamides is 1. The van der Waals surface area contributed by atoms with Crippen molar-refractivity contribution < 1.29 is 12.9 Å². The lowest BCUT2D eigenvalue weighted by Crippen LogP contribution is -2.49. The van der Waals surface area contributed by atoms with E-state index in [0.717, 1.165) is 11.3 Å². The summed E-state index contributed by atoms with van der Waals surface area (Å²) in [7, 11) is -3.62. The second-order valence-electron chi connectivity index (χ2n) is 7.89. The first-order valence-electron chi connectivity index (χ1n) is 10.1. The molecule has 0 amide bonds. The maximum absolute atomic E-state index is 13.0. The molecule has 1 aromatic carbocycles. The fourth-order valence-corrected chi connectivity index (χ4v) is 5.91. The highest BCUT2D eigenvalue weighted by molar-refractivity contribution is 7.89. The maximum atomic E-state index is 13.0. The van der Waals surface area contributed by atoms with Crippen LogP contribution in [-0.4, -0.2) is 63.3 Å². The first-order valence-corrected chi connectivity index (χ1v) is 11.9. The monoisotopic (exact) mass is 462 g/mol. The Morgan fingerprint density at radius 1 is 1.10 bits per heavy atom. The third-order valence-corrected chi connectivity index (χ3v) is 8.13. The van der Waals surface area contributed by atoms with Gasteiger partial charge in [-0.15, -0.1) is 0 Å². The van der Waals surface area contributed by atoms with Gasteiger partial charge in [-0.05, 0) is 51.5 Å². The van der Waals surface area contributed by atoms with Crippen molar-refractivity contribution in [2.24, 2.45) is 0 Å². The van der Waals surface area contributed by atoms with Crippen LogP contribution in [0.2, 0.25) is 0 Å². The van der Waals surface area contributed by atoms with Gasteiger partial charge in [-0.25, -0.2) is 13.1 Å². The molecule has 166 valence electrons. The second kappa shape index (κ2) is 8.30. The smallest absolute Gasteiger partial charge is 0.248 e. The van der Waals surface area contributed by atoms with Crippen LogP contribution in [0.15, 0.2) is 33.9 Å². The molecule has 3 heterocycles. The largest absolute Gasteiger partial charge is 0.360 e. The van der Waals surface area contributed by atoms with Gasteiger partial charge in [-0.2, -0.15) is 9.40 Å². The fourth-order valence-electron chi connectivity index (χ4n) is 3.95. The molecule has 0 N–H and O–H groups in total. The Balaban J connectivity index is 1.45.